The molecule has 2 rings (SSSR count). The highest BCUT2D eigenvalue weighted by atomic mass is 79.9. The first-order valence-corrected chi connectivity index (χ1v) is 4.59. The lowest BCUT2D eigenvalue weighted by Gasteiger charge is -2.06. The van der Waals surface area contributed by atoms with Gasteiger partial charge in [0.05, 0.1) is 0 Å². The standard InChI is InChI=1S/C9H7BrFNO/c10-9-5-8(13-12-9)6-1-3-7(11)4-2-6/h1-5,8,12H/t8-/m0/s1. The number of nitrogens with one attached hydrogen (secondary N) is 1. The zero-order chi connectivity index (χ0) is 9.26. The summed E-state index contributed by atoms with van der Waals surface area (Å²) < 4.78 is 13.4. The molecule has 0 bridgehead atoms. The van der Waals surface area contributed by atoms with Gasteiger partial charge in [-0.3, -0.25) is 10.3 Å². The maximum Gasteiger partial charge on any atom is 0.131 e. The Kier molecular flexibility index (Phi) is 2.33. The van der Waals surface area contributed by atoms with Gasteiger partial charge < -0.3 is 0 Å². The van der Waals surface area contributed by atoms with Crippen molar-refractivity contribution in [3.8, 4) is 0 Å². The summed E-state index contributed by atoms with van der Waals surface area (Å²) in [5.74, 6) is -0.238. The molecule has 68 valence electrons. The third-order valence-electron chi connectivity index (χ3n) is 1.78. The van der Waals surface area contributed by atoms with E-state index in [1.165, 1.54) is 12.1 Å². The molecule has 1 aliphatic heterocycles. The molecule has 1 heterocycles. The lowest BCUT2D eigenvalue weighted by molar-refractivity contribution is 0.0457. The lowest BCUT2D eigenvalue weighted by atomic mass is 10.1. The van der Waals surface area contributed by atoms with Crippen molar-refractivity contribution in [2.45, 2.75) is 6.10 Å². The van der Waals surface area contributed by atoms with Gasteiger partial charge in [0.25, 0.3) is 0 Å². The monoisotopic (exact) mass is 243 g/mol. The molecule has 1 aromatic rings. The summed E-state index contributed by atoms with van der Waals surface area (Å²) in [4.78, 5) is 5.18. The van der Waals surface area contributed by atoms with Crippen LogP contribution in [0.5, 0.6) is 0 Å². The van der Waals surface area contributed by atoms with Gasteiger partial charge in [0.2, 0.25) is 0 Å². The van der Waals surface area contributed by atoms with E-state index in [4.69, 9.17) is 4.84 Å². The van der Waals surface area contributed by atoms with Gasteiger partial charge in [0, 0.05) is 0 Å². The van der Waals surface area contributed by atoms with Gasteiger partial charge in [0.1, 0.15) is 16.5 Å². The fourth-order valence-electron chi connectivity index (χ4n) is 1.14. The highest BCUT2D eigenvalue weighted by Crippen LogP contribution is 2.25. The van der Waals surface area contributed by atoms with Crippen molar-refractivity contribution in [3.63, 3.8) is 0 Å². The predicted octanol–water partition coefficient (Wildman–Crippen LogP) is 2.64. The quantitative estimate of drug-likeness (QED) is 0.766. The van der Waals surface area contributed by atoms with Gasteiger partial charge >= 0.3 is 0 Å². The summed E-state index contributed by atoms with van der Waals surface area (Å²) in [6.45, 7) is 0. The number of benzene rings is 1. The largest absolute Gasteiger partial charge is 0.263 e. The average molecular weight is 244 g/mol. The van der Waals surface area contributed by atoms with E-state index in [1.54, 1.807) is 12.1 Å². The molecule has 0 saturated heterocycles. The Hall–Kier alpha value is -0.870. The van der Waals surface area contributed by atoms with Crippen molar-refractivity contribution in [1.29, 1.82) is 0 Å². The van der Waals surface area contributed by atoms with Crippen LogP contribution in [-0.4, -0.2) is 0 Å². The van der Waals surface area contributed by atoms with Gasteiger partial charge in [-0.15, -0.1) is 0 Å². The van der Waals surface area contributed by atoms with E-state index in [0.29, 0.717) is 0 Å². The van der Waals surface area contributed by atoms with Crippen LogP contribution < -0.4 is 5.48 Å². The second-order valence-electron chi connectivity index (χ2n) is 2.71. The molecular weight excluding hydrogens is 237 g/mol. The van der Waals surface area contributed by atoms with E-state index in [0.717, 1.165) is 10.2 Å². The zero-order valence-electron chi connectivity index (χ0n) is 6.63. The highest BCUT2D eigenvalue weighted by molar-refractivity contribution is 9.11. The van der Waals surface area contributed by atoms with Crippen LogP contribution in [0, 0.1) is 5.82 Å². The molecule has 0 aromatic heterocycles. The van der Waals surface area contributed by atoms with E-state index in [-0.39, 0.29) is 11.9 Å². The number of rotatable bonds is 1. The van der Waals surface area contributed by atoms with Crippen LogP contribution in [0.3, 0.4) is 0 Å². The molecule has 1 atom stereocenters. The third-order valence-corrected chi connectivity index (χ3v) is 2.21. The van der Waals surface area contributed by atoms with E-state index >= 15 is 0 Å². The first-order chi connectivity index (χ1) is 6.25. The molecule has 0 amide bonds. The second-order valence-corrected chi connectivity index (χ2v) is 3.56. The minimum atomic E-state index is -0.238. The SMILES string of the molecule is Fc1ccc([C@@H]2C=C(Br)NO2)cc1. The summed E-state index contributed by atoms with van der Waals surface area (Å²) in [6.07, 6.45) is 1.72. The highest BCUT2D eigenvalue weighted by Gasteiger charge is 2.16. The molecular formula is C9H7BrFNO. The predicted molar refractivity (Wildman–Crippen MR) is 50.4 cm³/mol. The molecule has 0 aliphatic carbocycles. The second kappa shape index (κ2) is 3.47. The molecule has 1 N–H and O–H groups in total. The van der Waals surface area contributed by atoms with Crippen LogP contribution in [0.1, 0.15) is 11.7 Å². The first-order valence-electron chi connectivity index (χ1n) is 3.80. The van der Waals surface area contributed by atoms with Gasteiger partial charge in [-0.05, 0) is 39.7 Å². The van der Waals surface area contributed by atoms with Crippen LogP contribution in [0.15, 0.2) is 34.9 Å². The number of hydroxylamine groups is 1. The van der Waals surface area contributed by atoms with Crippen LogP contribution in [0.2, 0.25) is 0 Å². The Labute approximate surface area is 83.5 Å². The van der Waals surface area contributed by atoms with Gasteiger partial charge in [0.15, 0.2) is 0 Å². The Morgan fingerprint density at radius 1 is 1.31 bits per heavy atom. The van der Waals surface area contributed by atoms with Gasteiger partial charge in [-0.25, -0.2) is 4.39 Å². The van der Waals surface area contributed by atoms with Crippen molar-refractivity contribution >= 4 is 15.9 Å². The van der Waals surface area contributed by atoms with Crippen LogP contribution >= 0.6 is 15.9 Å². The van der Waals surface area contributed by atoms with Crippen molar-refractivity contribution < 1.29 is 9.23 Å². The minimum absolute atomic E-state index is 0.144. The van der Waals surface area contributed by atoms with Crippen LogP contribution in [-0.2, 0) is 4.84 Å². The molecule has 13 heavy (non-hydrogen) atoms. The molecule has 1 aromatic carbocycles. The van der Waals surface area contributed by atoms with Crippen LogP contribution in [0.4, 0.5) is 4.39 Å². The Morgan fingerprint density at radius 3 is 2.54 bits per heavy atom. The molecule has 0 unspecified atom stereocenters. The van der Waals surface area contributed by atoms with Crippen molar-refractivity contribution in [2.75, 3.05) is 0 Å². The first kappa shape index (κ1) is 8.72. The van der Waals surface area contributed by atoms with E-state index in [9.17, 15) is 4.39 Å². The normalized spacial score (nSPS) is 21.1. The maximum absolute atomic E-state index is 12.6. The summed E-state index contributed by atoms with van der Waals surface area (Å²) in [5, 5.41) is 0. The smallest absolute Gasteiger partial charge is 0.131 e. The Morgan fingerprint density at radius 2 is 2.00 bits per heavy atom. The van der Waals surface area contributed by atoms with Crippen molar-refractivity contribution in [3.05, 3.63) is 46.3 Å². The van der Waals surface area contributed by atoms with E-state index < -0.39 is 0 Å². The zero-order valence-corrected chi connectivity index (χ0v) is 8.21. The van der Waals surface area contributed by atoms with Gasteiger partial charge in [-0.1, -0.05) is 12.1 Å². The van der Waals surface area contributed by atoms with Crippen LogP contribution in [0.25, 0.3) is 0 Å². The minimum Gasteiger partial charge on any atom is -0.263 e. The Bertz CT molecular complexity index is 336. The number of hydrogen-bond donors (Lipinski definition) is 1. The summed E-state index contributed by atoms with van der Waals surface area (Å²) >= 11 is 3.24. The van der Waals surface area contributed by atoms with Gasteiger partial charge in [-0.2, -0.15) is 0 Å². The third kappa shape index (κ3) is 1.89. The van der Waals surface area contributed by atoms with Crippen molar-refractivity contribution in [2.24, 2.45) is 0 Å². The van der Waals surface area contributed by atoms with E-state index in [1.807, 2.05) is 6.08 Å². The fourth-order valence-corrected chi connectivity index (χ4v) is 1.47. The number of hydrogen-bond acceptors (Lipinski definition) is 2. The lowest BCUT2D eigenvalue weighted by Crippen LogP contribution is -2.05. The topological polar surface area (TPSA) is 21.3 Å². The summed E-state index contributed by atoms with van der Waals surface area (Å²) in [6, 6.07) is 6.23. The average Bonchev–Trinajstić information content (AvgIpc) is 2.53. The van der Waals surface area contributed by atoms with E-state index in [2.05, 4.69) is 21.4 Å². The summed E-state index contributed by atoms with van der Waals surface area (Å²) in [7, 11) is 0. The molecule has 1 aliphatic rings. The molecule has 0 fully saturated rings. The molecule has 0 spiro atoms. The summed E-state index contributed by atoms with van der Waals surface area (Å²) in [5.41, 5.74) is 3.59. The molecule has 0 saturated carbocycles. The molecule has 0 radical (unpaired) electrons. The molecule has 2 nitrogen and oxygen atoms in total. The maximum atomic E-state index is 12.6. The Balaban J connectivity index is 2.22. The molecule has 4 heteroatoms. The fraction of sp³-hybridized carbons (Fsp3) is 0.111. The van der Waals surface area contributed by atoms with Crippen molar-refractivity contribution in [1.82, 2.24) is 5.48 Å². The number of halogens is 2.